The maximum absolute atomic E-state index is 13.4. The van der Waals surface area contributed by atoms with E-state index in [0.29, 0.717) is 44.2 Å². The molecule has 1 N–H and O–H groups in total. The number of pyridine rings is 1. The van der Waals surface area contributed by atoms with Crippen molar-refractivity contribution in [2.24, 2.45) is 0 Å². The molecule has 1 aromatic heterocycles. The number of aryl methyl sites for hydroxylation is 1. The SMILES string of the molecule is CCOc1ccc(NC(=O)C2(c3ccc(OC)cc3)CCOCC2)c(C)n1. The van der Waals surface area contributed by atoms with Crippen molar-refractivity contribution in [2.45, 2.75) is 32.1 Å². The Labute approximate surface area is 159 Å². The number of hydrogen-bond acceptors (Lipinski definition) is 5. The van der Waals surface area contributed by atoms with Gasteiger partial charge in [-0.1, -0.05) is 12.1 Å². The van der Waals surface area contributed by atoms with Crippen LogP contribution in [0, 0.1) is 6.92 Å². The Bertz CT molecular complexity index is 783. The summed E-state index contributed by atoms with van der Waals surface area (Å²) < 4.78 is 16.2. The van der Waals surface area contributed by atoms with Crippen molar-refractivity contribution in [3.05, 3.63) is 47.7 Å². The third-order valence-electron chi connectivity index (χ3n) is 5.02. The fourth-order valence-corrected chi connectivity index (χ4v) is 3.42. The second-order valence-corrected chi connectivity index (χ2v) is 6.59. The normalized spacial score (nSPS) is 15.8. The zero-order valence-corrected chi connectivity index (χ0v) is 16.1. The van der Waals surface area contributed by atoms with Crippen LogP contribution in [0.25, 0.3) is 0 Å². The molecule has 2 aromatic rings. The van der Waals surface area contributed by atoms with Gasteiger partial charge in [-0.2, -0.15) is 0 Å². The number of methoxy groups -OCH3 is 1. The summed E-state index contributed by atoms with van der Waals surface area (Å²) in [7, 11) is 1.63. The van der Waals surface area contributed by atoms with Gasteiger partial charge in [-0.25, -0.2) is 4.98 Å². The average molecular weight is 370 g/mol. The van der Waals surface area contributed by atoms with Crippen LogP contribution >= 0.6 is 0 Å². The number of amides is 1. The van der Waals surface area contributed by atoms with Gasteiger partial charge in [-0.15, -0.1) is 0 Å². The highest BCUT2D eigenvalue weighted by molar-refractivity contribution is 5.99. The molecule has 0 unspecified atom stereocenters. The highest BCUT2D eigenvalue weighted by Gasteiger charge is 2.42. The van der Waals surface area contributed by atoms with Gasteiger partial charge in [0.25, 0.3) is 0 Å². The van der Waals surface area contributed by atoms with Crippen LogP contribution in [0.4, 0.5) is 5.69 Å². The average Bonchev–Trinajstić information content (AvgIpc) is 2.71. The molecular weight excluding hydrogens is 344 g/mol. The zero-order chi connectivity index (χ0) is 19.3. The van der Waals surface area contributed by atoms with Crippen LogP contribution in [0.2, 0.25) is 0 Å². The number of nitrogens with zero attached hydrogens (tertiary/aromatic N) is 1. The fraction of sp³-hybridized carbons (Fsp3) is 0.429. The van der Waals surface area contributed by atoms with Crippen LogP contribution < -0.4 is 14.8 Å². The van der Waals surface area contributed by atoms with Crippen LogP contribution in [0.15, 0.2) is 36.4 Å². The molecule has 0 radical (unpaired) electrons. The van der Waals surface area contributed by atoms with E-state index < -0.39 is 5.41 Å². The van der Waals surface area contributed by atoms with Gasteiger partial charge >= 0.3 is 0 Å². The molecule has 1 aliphatic heterocycles. The Morgan fingerprint density at radius 3 is 2.48 bits per heavy atom. The summed E-state index contributed by atoms with van der Waals surface area (Å²) in [5.74, 6) is 1.29. The van der Waals surface area contributed by atoms with Crippen molar-refractivity contribution in [1.29, 1.82) is 0 Å². The summed E-state index contributed by atoms with van der Waals surface area (Å²) in [5.41, 5.74) is 1.77. The maximum atomic E-state index is 13.4. The quantitative estimate of drug-likeness (QED) is 0.843. The van der Waals surface area contributed by atoms with Gasteiger partial charge in [0.1, 0.15) is 5.75 Å². The van der Waals surface area contributed by atoms with Gasteiger partial charge in [0, 0.05) is 19.3 Å². The van der Waals surface area contributed by atoms with Crippen molar-refractivity contribution in [3.63, 3.8) is 0 Å². The lowest BCUT2D eigenvalue weighted by Crippen LogP contribution is -2.45. The Balaban J connectivity index is 1.87. The maximum Gasteiger partial charge on any atom is 0.235 e. The van der Waals surface area contributed by atoms with Gasteiger partial charge < -0.3 is 19.5 Å². The summed E-state index contributed by atoms with van der Waals surface area (Å²) in [6.07, 6.45) is 1.27. The summed E-state index contributed by atoms with van der Waals surface area (Å²) in [6, 6.07) is 11.3. The minimum absolute atomic E-state index is 0.0370. The monoisotopic (exact) mass is 370 g/mol. The number of anilines is 1. The highest BCUT2D eigenvalue weighted by Crippen LogP contribution is 2.37. The van der Waals surface area contributed by atoms with E-state index >= 15 is 0 Å². The molecule has 0 aliphatic carbocycles. The molecule has 6 nitrogen and oxygen atoms in total. The molecule has 0 atom stereocenters. The molecule has 0 saturated carbocycles. The molecule has 0 bridgehead atoms. The predicted octanol–water partition coefficient (Wildman–Crippen LogP) is 3.48. The van der Waals surface area contributed by atoms with Gasteiger partial charge in [0.15, 0.2) is 0 Å². The molecule has 6 heteroatoms. The van der Waals surface area contributed by atoms with Crippen molar-refractivity contribution in [2.75, 3.05) is 32.2 Å². The number of carbonyl (C=O) groups excluding carboxylic acids is 1. The number of ether oxygens (including phenoxy) is 3. The summed E-state index contributed by atoms with van der Waals surface area (Å²) >= 11 is 0. The topological polar surface area (TPSA) is 69.7 Å². The van der Waals surface area contributed by atoms with E-state index in [4.69, 9.17) is 14.2 Å². The third kappa shape index (κ3) is 4.06. The van der Waals surface area contributed by atoms with Crippen LogP contribution in [-0.4, -0.2) is 37.8 Å². The lowest BCUT2D eigenvalue weighted by Gasteiger charge is -2.36. The number of hydrogen-bond donors (Lipinski definition) is 1. The first-order valence-electron chi connectivity index (χ1n) is 9.23. The smallest absolute Gasteiger partial charge is 0.235 e. The molecule has 3 rings (SSSR count). The molecule has 2 heterocycles. The Morgan fingerprint density at radius 2 is 1.89 bits per heavy atom. The fourth-order valence-electron chi connectivity index (χ4n) is 3.42. The van der Waals surface area contributed by atoms with Gasteiger partial charge in [-0.3, -0.25) is 4.79 Å². The standard InChI is InChI=1S/C21H26N2O4/c1-4-27-19-10-9-18(15(2)22-19)23-20(24)21(11-13-26-14-12-21)16-5-7-17(25-3)8-6-16/h5-10H,4,11-14H2,1-3H3,(H,23,24). The number of carbonyl (C=O) groups is 1. The molecule has 27 heavy (non-hydrogen) atoms. The molecule has 1 aliphatic rings. The zero-order valence-electron chi connectivity index (χ0n) is 16.1. The lowest BCUT2D eigenvalue weighted by molar-refractivity contribution is -0.125. The van der Waals surface area contributed by atoms with E-state index in [-0.39, 0.29) is 5.91 Å². The third-order valence-corrected chi connectivity index (χ3v) is 5.02. The van der Waals surface area contributed by atoms with Crippen molar-refractivity contribution in [3.8, 4) is 11.6 Å². The van der Waals surface area contributed by atoms with Crippen molar-refractivity contribution < 1.29 is 19.0 Å². The Morgan fingerprint density at radius 1 is 1.19 bits per heavy atom. The molecule has 144 valence electrons. The minimum Gasteiger partial charge on any atom is -0.497 e. The van der Waals surface area contributed by atoms with E-state index in [0.717, 1.165) is 17.0 Å². The second kappa shape index (κ2) is 8.39. The molecular formula is C21H26N2O4. The van der Waals surface area contributed by atoms with Gasteiger partial charge in [-0.05, 0) is 50.5 Å². The summed E-state index contributed by atoms with van der Waals surface area (Å²) in [6.45, 7) is 5.44. The first kappa shape index (κ1) is 19.2. The molecule has 1 amide bonds. The van der Waals surface area contributed by atoms with Gasteiger partial charge in [0.05, 0.1) is 30.5 Å². The van der Waals surface area contributed by atoms with Crippen LogP contribution in [0.3, 0.4) is 0 Å². The van der Waals surface area contributed by atoms with Crippen LogP contribution in [0.5, 0.6) is 11.6 Å². The van der Waals surface area contributed by atoms with E-state index in [1.165, 1.54) is 0 Å². The van der Waals surface area contributed by atoms with Crippen LogP contribution in [-0.2, 0) is 14.9 Å². The number of aromatic nitrogens is 1. The van der Waals surface area contributed by atoms with E-state index in [1.807, 2.05) is 44.2 Å². The first-order valence-corrected chi connectivity index (χ1v) is 9.23. The number of benzene rings is 1. The van der Waals surface area contributed by atoms with Gasteiger partial charge in [0.2, 0.25) is 11.8 Å². The summed E-state index contributed by atoms with van der Waals surface area (Å²) in [4.78, 5) is 17.8. The minimum atomic E-state index is -0.629. The highest BCUT2D eigenvalue weighted by atomic mass is 16.5. The lowest BCUT2D eigenvalue weighted by atomic mass is 9.73. The van der Waals surface area contributed by atoms with E-state index in [1.54, 1.807) is 13.2 Å². The second-order valence-electron chi connectivity index (χ2n) is 6.59. The van der Waals surface area contributed by atoms with Crippen LogP contribution in [0.1, 0.15) is 31.0 Å². The molecule has 1 saturated heterocycles. The molecule has 1 aromatic carbocycles. The molecule has 1 fully saturated rings. The van der Waals surface area contributed by atoms with Crippen molar-refractivity contribution in [1.82, 2.24) is 4.98 Å². The largest absolute Gasteiger partial charge is 0.497 e. The number of nitrogens with one attached hydrogen (secondary N) is 1. The summed E-state index contributed by atoms with van der Waals surface area (Å²) in [5, 5.41) is 3.07. The Hall–Kier alpha value is -2.60. The molecule has 0 spiro atoms. The Kier molecular flexibility index (Phi) is 5.96. The van der Waals surface area contributed by atoms with E-state index in [9.17, 15) is 4.79 Å². The van der Waals surface area contributed by atoms with Crippen molar-refractivity contribution >= 4 is 11.6 Å². The first-order chi connectivity index (χ1) is 13.1. The van der Waals surface area contributed by atoms with E-state index in [2.05, 4.69) is 10.3 Å². The number of rotatable bonds is 6. The predicted molar refractivity (Wildman–Crippen MR) is 103 cm³/mol.